The molecule has 3 atom stereocenters. The zero-order chi connectivity index (χ0) is 19.3. The topological polar surface area (TPSA) is 70.2 Å². The van der Waals surface area contributed by atoms with Crippen molar-refractivity contribution in [3.05, 3.63) is 0 Å². The first-order valence-corrected chi connectivity index (χ1v) is 11.6. The Kier molecular flexibility index (Phi) is 10.5. The van der Waals surface area contributed by atoms with Crippen LogP contribution in [0.2, 0.25) is 0 Å². The third-order valence-electron chi connectivity index (χ3n) is 5.40. The lowest BCUT2D eigenvalue weighted by molar-refractivity contribution is -0.121. The summed E-state index contributed by atoms with van der Waals surface area (Å²) >= 11 is 1.94. The van der Waals surface area contributed by atoms with Crippen LogP contribution < -0.4 is 16.0 Å². The molecule has 2 heterocycles. The molecule has 0 unspecified atom stereocenters. The molecule has 2 rings (SSSR count). The van der Waals surface area contributed by atoms with Crippen molar-refractivity contribution < 1.29 is 9.59 Å². The number of unbranched alkanes of at least 4 members (excludes halogenated alkanes) is 8. The van der Waals surface area contributed by atoms with Gasteiger partial charge in [-0.1, -0.05) is 38.5 Å². The molecule has 0 saturated carbocycles. The van der Waals surface area contributed by atoms with Crippen LogP contribution in [0.5, 0.6) is 0 Å². The van der Waals surface area contributed by atoms with E-state index in [1.54, 1.807) is 0 Å². The summed E-state index contributed by atoms with van der Waals surface area (Å²) in [6.45, 7) is 0.801. The van der Waals surface area contributed by atoms with Crippen LogP contribution in [0.3, 0.4) is 0 Å². The first-order chi connectivity index (χ1) is 13.2. The van der Waals surface area contributed by atoms with Gasteiger partial charge in [-0.15, -0.1) is 12.3 Å². The Morgan fingerprint density at radius 1 is 1.07 bits per heavy atom. The number of terminal acetylenes is 1. The summed E-state index contributed by atoms with van der Waals surface area (Å²) in [5.41, 5.74) is 0. The Labute approximate surface area is 168 Å². The lowest BCUT2D eigenvalue weighted by Gasteiger charge is -2.16. The number of urea groups is 1. The molecule has 2 saturated heterocycles. The second kappa shape index (κ2) is 12.9. The number of nitrogens with one attached hydrogen (secondary N) is 3. The highest BCUT2D eigenvalue weighted by atomic mass is 32.2. The Bertz CT molecular complexity index is 506. The van der Waals surface area contributed by atoms with E-state index in [1.165, 1.54) is 32.1 Å². The number of hydrogen-bond donors (Lipinski definition) is 3. The molecule has 0 aromatic carbocycles. The molecule has 152 valence electrons. The van der Waals surface area contributed by atoms with E-state index in [-0.39, 0.29) is 18.0 Å². The second-order valence-corrected chi connectivity index (χ2v) is 8.92. The van der Waals surface area contributed by atoms with Crippen LogP contribution in [0, 0.1) is 12.3 Å². The Hall–Kier alpha value is -1.35. The number of fused-ring (bicyclic) bond motifs is 1. The lowest BCUT2D eigenvalue weighted by Crippen LogP contribution is -2.36. The van der Waals surface area contributed by atoms with Gasteiger partial charge in [0.05, 0.1) is 12.1 Å². The molecule has 0 spiro atoms. The average molecular weight is 394 g/mol. The van der Waals surface area contributed by atoms with Crippen molar-refractivity contribution in [2.45, 2.75) is 94.4 Å². The molecule has 0 aromatic heterocycles. The lowest BCUT2D eigenvalue weighted by atomic mass is 10.0. The summed E-state index contributed by atoms with van der Waals surface area (Å²) in [5, 5.41) is 9.51. The van der Waals surface area contributed by atoms with Crippen LogP contribution in [-0.4, -0.2) is 41.6 Å². The number of hydrogen-bond acceptors (Lipinski definition) is 3. The van der Waals surface area contributed by atoms with Crippen molar-refractivity contribution in [2.75, 3.05) is 12.3 Å². The average Bonchev–Trinajstić information content (AvgIpc) is 3.20. The maximum atomic E-state index is 11.9. The van der Waals surface area contributed by atoms with E-state index in [4.69, 9.17) is 6.42 Å². The fourth-order valence-corrected chi connectivity index (χ4v) is 5.37. The minimum Gasteiger partial charge on any atom is -0.356 e. The number of carbonyl (C=O) groups is 2. The van der Waals surface area contributed by atoms with Crippen LogP contribution in [-0.2, 0) is 4.79 Å². The van der Waals surface area contributed by atoms with Crippen molar-refractivity contribution >= 4 is 23.7 Å². The third-order valence-corrected chi connectivity index (χ3v) is 6.91. The van der Waals surface area contributed by atoms with Crippen molar-refractivity contribution in [3.63, 3.8) is 0 Å². The van der Waals surface area contributed by atoms with Crippen LogP contribution in [0.25, 0.3) is 0 Å². The SMILES string of the molecule is C#CCCCCCCCCCNC(=O)CCCC[C@@H]1SC[C@@H]2NC(=O)N[C@@H]21. The van der Waals surface area contributed by atoms with E-state index < -0.39 is 0 Å². The summed E-state index contributed by atoms with van der Waals surface area (Å²) in [4.78, 5) is 23.3. The second-order valence-electron chi connectivity index (χ2n) is 7.65. The molecule has 0 aromatic rings. The highest BCUT2D eigenvalue weighted by Gasteiger charge is 2.42. The van der Waals surface area contributed by atoms with Gasteiger partial charge in [0.1, 0.15) is 0 Å². The zero-order valence-corrected chi connectivity index (χ0v) is 17.3. The van der Waals surface area contributed by atoms with Crippen molar-refractivity contribution in [1.82, 2.24) is 16.0 Å². The third kappa shape index (κ3) is 8.47. The summed E-state index contributed by atoms with van der Waals surface area (Å²) in [6, 6.07) is 0.533. The van der Waals surface area contributed by atoms with Gasteiger partial charge in [0, 0.05) is 30.4 Å². The highest BCUT2D eigenvalue weighted by Crippen LogP contribution is 2.33. The Balaban J connectivity index is 1.37. The molecule has 5 nitrogen and oxygen atoms in total. The molecule has 0 aliphatic carbocycles. The number of amides is 3. The maximum Gasteiger partial charge on any atom is 0.315 e. The molecule has 2 fully saturated rings. The Morgan fingerprint density at radius 2 is 1.81 bits per heavy atom. The van der Waals surface area contributed by atoms with Crippen LogP contribution in [0.4, 0.5) is 4.79 Å². The van der Waals surface area contributed by atoms with Gasteiger partial charge >= 0.3 is 6.03 Å². The predicted octanol–water partition coefficient (Wildman–Crippen LogP) is 3.58. The molecule has 2 aliphatic rings. The normalized spacial score (nSPS) is 23.4. The number of carbonyl (C=O) groups excluding carboxylic acids is 2. The predicted molar refractivity (Wildman–Crippen MR) is 113 cm³/mol. The minimum atomic E-state index is -0.0291. The molecule has 3 N–H and O–H groups in total. The molecule has 3 amide bonds. The summed E-state index contributed by atoms with van der Waals surface area (Å²) in [7, 11) is 0. The van der Waals surface area contributed by atoms with E-state index in [2.05, 4.69) is 21.9 Å². The van der Waals surface area contributed by atoms with E-state index >= 15 is 0 Å². The van der Waals surface area contributed by atoms with E-state index in [9.17, 15) is 9.59 Å². The zero-order valence-electron chi connectivity index (χ0n) is 16.4. The molecule has 0 radical (unpaired) electrons. The van der Waals surface area contributed by atoms with Gasteiger partial charge < -0.3 is 16.0 Å². The standard InChI is InChI=1S/C21H35N3O2S/c1-2-3-4-5-6-7-8-9-12-15-22-19(25)14-11-10-13-18-20-17(16-27-18)23-21(26)24-20/h1,17-18,20H,3-16H2,(H,22,25)(H2,23,24,26)/t17-,18-,20-/m0/s1. The van der Waals surface area contributed by atoms with Crippen molar-refractivity contribution in [1.29, 1.82) is 0 Å². The molecule has 2 aliphatic heterocycles. The van der Waals surface area contributed by atoms with Gasteiger partial charge in [0.25, 0.3) is 0 Å². The first-order valence-electron chi connectivity index (χ1n) is 10.6. The van der Waals surface area contributed by atoms with E-state index in [1.807, 2.05) is 11.8 Å². The van der Waals surface area contributed by atoms with Gasteiger partial charge in [0.2, 0.25) is 5.91 Å². The largest absolute Gasteiger partial charge is 0.356 e. The summed E-state index contributed by atoms with van der Waals surface area (Å²) in [5.74, 6) is 3.86. The fourth-order valence-electron chi connectivity index (χ4n) is 3.83. The van der Waals surface area contributed by atoms with E-state index in [0.717, 1.165) is 50.8 Å². The number of rotatable bonds is 14. The monoisotopic (exact) mass is 393 g/mol. The fraction of sp³-hybridized carbons (Fsp3) is 0.810. The molecule has 6 heteroatoms. The summed E-state index contributed by atoms with van der Waals surface area (Å²) in [6.07, 6.45) is 18.3. The first kappa shape index (κ1) is 21.9. The van der Waals surface area contributed by atoms with Crippen molar-refractivity contribution in [3.8, 4) is 12.3 Å². The van der Waals surface area contributed by atoms with E-state index in [0.29, 0.717) is 17.7 Å². The minimum absolute atomic E-state index is 0.0291. The van der Waals surface area contributed by atoms with Crippen LogP contribution >= 0.6 is 11.8 Å². The maximum absolute atomic E-state index is 11.9. The molecular weight excluding hydrogens is 358 g/mol. The Morgan fingerprint density at radius 3 is 2.59 bits per heavy atom. The van der Waals surface area contributed by atoms with Gasteiger partial charge in [0.15, 0.2) is 0 Å². The quantitative estimate of drug-likeness (QED) is 0.240. The molecule has 0 bridgehead atoms. The summed E-state index contributed by atoms with van der Waals surface area (Å²) < 4.78 is 0. The highest BCUT2D eigenvalue weighted by molar-refractivity contribution is 8.00. The molecular formula is C21H35N3O2S. The van der Waals surface area contributed by atoms with Crippen LogP contribution in [0.15, 0.2) is 0 Å². The van der Waals surface area contributed by atoms with Crippen LogP contribution in [0.1, 0.15) is 77.0 Å². The van der Waals surface area contributed by atoms with Crippen molar-refractivity contribution in [2.24, 2.45) is 0 Å². The van der Waals surface area contributed by atoms with Gasteiger partial charge in [-0.2, -0.15) is 11.8 Å². The van der Waals surface area contributed by atoms with Gasteiger partial charge in [-0.3, -0.25) is 4.79 Å². The van der Waals surface area contributed by atoms with Gasteiger partial charge in [-0.05, 0) is 25.7 Å². The molecule has 27 heavy (non-hydrogen) atoms. The number of thioether (sulfide) groups is 1. The van der Waals surface area contributed by atoms with Gasteiger partial charge in [-0.25, -0.2) is 4.79 Å². The smallest absolute Gasteiger partial charge is 0.315 e.